The maximum atomic E-state index is 9.09. The number of hydrogen-bond acceptors (Lipinski definition) is 3. The number of rotatable bonds is 4. The van der Waals surface area contributed by atoms with E-state index in [1.807, 2.05) is 24.3 Å². The molecule has 0 aromatic heterocycles. The normalized spacial score (nSPS) is 9.95. The first kappa shape index (κ1) is 13.1. The molecule has 2 aromatic rings. The van der Waals surface area contributed by atoms with Gasteiger partial charge in [-0.15, -0.1) is 0 Å². The number of hydrogen-bond donors (Lipinski definition) is 1. The molecule has 0 heterocycles. The van der Waals surface area contributed by atoms with Crippen LogP contribution in [0.4, 0.5) is 0 Å². The molecule has 0 radical (unpaired) electrons. The predicted octanol–water partition coefficient (Wildman–Crippen LogP) is 3.41. The molecule has 0 bridgehead atoms. The molecule has 0 spiro atoms. The summed E-state index contributed by atoms with van der Waals surface area (Å²) in [6, 6.07) is 14.9. The van der Waals surface area contributed by atoms with Crippen LogP contribution in [0.1, 0.15) is 23.6 Å². The van der Waals surface area contributed by atoms with Crippen molar-refractivity contribution in [3.63, 3.8) is 0 Å². The first-order valence-electron chi connectivity index (χ1n) is 6.17. The smallest absolute Gasteiger partial charge is 0.145 e. The molecular formula is C16H15NO2. The molecule has 0 aliphatic carbocycles. The molecule has 2 aromatic carbocycles. The van der Waals surface area contributed by atoms with E-state index < -0.39 is 0 Å². The molecule has 96 valence electrons. The van der Waals surface area contributed by atoms with Crippen molar-refractivity contribution in [1.29, 1.82) is 5.26 Å². The van der Waals surface area contributed by atoms with Crippen LogP contribution >= 0.6 is 0 Å². The van der Waals surface area contributed by atoms with E-state index in [0.717, 1.165) is 6.42 Å². The van der Waals surface area contributed by atoms with Gasteiger partial charge in [0.1, 0.15) is 17.6 Å². The molecule has 0 aliphatic heterocycles. The molecule has 0 saturated carbocycles. The quantitative estimate of drug-likeness (QED) is 0.908. The predicted molar refractivity (Wildman–Crippen MR) is 73.0 cm³/mol. The van der Waals surface area contributed by atoms with Crippen LogP contribution in [0, 0.1) is 11.3 Å². The Kier molecular flexibility index (Phi) is 4.17. The van der Waals surface area contributed by atoms with Gasteiger partial charge in [-0.25, -0.2) is 0 Å². The van der Waals surface area contributed by atoms with Gasteiger partial charge in [0.25, 0.3) is 0 Å². The Morgan fingerprint density at radius 2 is 1.79 bits per heavy atom. The van der Waals surface area contributed by atoms with Crippen LogP contribution in [0.5, 0.6) is 11.5 Å². The zero-order chi connectivity index (χ0) is 13.7. The van der Waals surface area contributed by atoms with Crippen molar-refractivity contribution in [1.82, 2.24) is 0 Å². The zero-order valence-electron chi connectivity index (χ0n) is 10.8. The van der Waals surface area contributed by atoms with E-state index in [1.54, 1.807) is 18.2 Å². The van der Waals surface area contributed by atoms with Crippen LogP contribution in [0.15, 0.2) is 42.5 Å². The first-order valence-corrected chi connectivity index (χ1v) is 6.17. The van der Waals surface area contributed by atoms with E-state index in [4.69, 9.17) is 15.1 Å². The van der Waals surface area contributed by atoms with Gasteiger partial charge in [0.2, 0.25) is 0 Å². The van der Waals surface area contributed by atoms with Crippen LogP contribution < -0.4 is 4.74 Å². The van der Waals surface area contributed by atoms with Crippen molar-refractivity contribution in [2.75, 3.05) is 0 Å². The van der Waals surface area contributed by atoms with E-state index in [-0.39, 0.29) is 6.61 Å². The number of aliphatic hydroxyl groups excluding tert-OH is 1. The minimum absolute atomic E-state index is 0.0832. The number of ether oxygens (including phenoxy) is 1. The molecule has 0 amide bonds. The van der Waals surface area contributed by atoms with Gasteiger partial charge in [-0.1, -0.05) is 25.1 Å². The fraction of sp³-hybridized carbons (Fsp3) is 0.188. The maximum absolute atomic E-state index is 9.09. The van der Waals surface area contributed by atoms with Crippen molar-refractivity contribution in [3.05, 3.63) is 59.2 Å². The standard InChI is InChI=1S/C16H15NO2/c1-2-12-3-6-15(7-4-12)19-16-8-5-13(11-18)9-14(16)10-17/h3-9,18H,2,11H2,1H3. The molecule has 1 N–H and O–H groups in total. The summed E-state index contributed by atoms with van der Waals surface area (Å²) in [6.07, 6.45) is 0.981. The fourth-order valence-corrected chi connectivity index (χ4v) is 1.77. The lowest BCUT2D eigenvalue weighted by Crippen LogP contribution is -1.91. The first-order chi connectivity index (χ1) is 9.26. The van der Waals surface area contributed by atoms with Crippen molar-refractivity contribution in [2.45, 2.75) is 20.0 Å². The van der Waals surface area contributed by atoms with Gasteiger partial charge in [-0.2, -0.15) is 5.26 Å². The van der Waals surface area contributed by atoms with E-state index in [1.165, 1.54) is 5.56 Å². The summed E-state index contributed by atoms with van der Waals surface area (Å²) in [5, 5.41) is 18.1. The van der Waals surface area contributed by atoms with Crippen LogP contribution in [0.2, 0.25) is 0 Å². The van der Waals surface area contributed by atoms with E-state index in [2.05, 4.69) is 13.0 Å². The number of nitrogens with zero attached hydrogens (tertiary/aromatic N) is 1. The highest BCUT2D eigenvalue weighted by molar-refractivity contribution is 5.47. The molecule has 0 unspecified atom stereocenters. The maximum Gasteiger partial charge on any atom is 0.145 e. The average Bonchev–Trinajstić information content (AvgIpc) is 2.48. The highest BCUT2D eigenvalue weighted by Gasteiger charge is 2.06. The Hall–Kier alpha value is -2.31. The Morgan fingerprint density at radius 1 is 1.11 bits per heavy atom. The molecule has 0 atom stereocenters. The molecule has 0 aliphatic rings. The summed E-state index contributed by atoms with van der Waals surface area (Å²) in [6.45, 7) is 2.01. The summed E-state index contributed by atoms with van der Waals surface area (Å²) in [5.41, 5.74) is 2.36. The lowest BCUT2D eigenvalue weighted by molar-refractivity contribution is 0.281. The van der Waals surface area contributed by atoms with Crippen molar-refractivity contribution < 1.29 is 9.84 Å². The van der Waals surface area contributed by atoms with Crippen molar-refractivity contribution in [2.24, 2.45) is 0 Å². The molecule has 0 saturated heterocycles. The summed E-state index contributed by atoms with van der Waals surface area (Å²) in [4.78, 5) is 0. The van der Waals surface area contributed by atoms with Gasteiger partial charge in [0.05, 0.1) is 12.2 Å². The Balaban J connectivity index is 2.25. The van der Waals surface area contributed by atoms with Crippen LogP contribution in [-0.4, -0.2) is 5.11 Å². The monoisotopic (exact) mass is 253 g/mol. The summed E-state index contributed by atoms with van der Waals surface area (Å²) >= 11 is 0. The minimum atomic E-state index is -0.0832. The van der Waals surface area contributed by atoms with Gasteiger partial charge in [-0.3, -0.25) is 0 Å². The Bertz CT molecular complexity index is 597. The summed E-state index contributed by atoms with van der Waals surface area (Å²) in [7, 11) is 0. The van der Waals surface area contributed by atoms with Crippen molar-refractivity contribution >= 4 is 0 Å². The van der Waals surface area contributed by atoms with Gasteiger partial charge in [0.15, 0.2) is 0 Å². The third-order valence-electron chi connectivity index (χ3n) is 2.91. The lowest BCUT2D eigenvalue weighted by Gasteiger charge is -2.09. The number of benzene rings is 2. The second-order valence-corrected chi connectivity index (χ2v) is 4.20. The minimum Gasteiger partial charge on any atom is -0.456 e. The highest BCUT2D eigenvalue weighted by Crippen LogP contribution is 2.26. The highest BCUT2D eigenvalue weighted by atomic mass is 16.5. The largest absolute Gasteiger partial charge is 0.456 e. The molecule has 3 nitrogen and oxygen atoms in total. The summed E-state index contributed by atoms with van der Waals surface area (Å²) in [5.74, 6) is 1.20. The number of nitriles is 1. The summed E-state index contributed by atoms with van der Waals surface area (Å²) < 4.78 is 5.70. The van der Waals surface area contributed by atoms with E-state index in [9.17, 15) is 0 Å². The third kappa shape index (κ3) is 3.12. The topological polar surface area (TPSA) is 53.2 Å². The Morgan fingerprint density at radius 3 is 2.37 bits per heavy atom. The molecule has 2 rings (SSSR count). The second-order valence-electron chi connectivity index (χ2n) is 4.20. The van der Waals surface area contributed by atoms with E-state index in [0.29, 0.717) is 22.6 Å². The number of aliphatic hydroxyl groups is 1. The van der Waals surface area contributed by atoms with Crippen LogP contribution in [0.3, 0.4) is 0 Å². The average molecular weight is 253 g/mol. The van der Waals surface area contributed by atoms with Crippen molar-refractivity contribution in [3.8, 4) is 17.6 Å². The second kappa shape index (κ2) is 6.03. The van der Waals surface area contributed by atoms with Crippen LogP contribution in [-0.2, 0) is 13.0 Å². The van der Waals surface area contributed by atoms with Gasteiger partial charge in [0, 0.05) is 0 Å². The third-order valence-corrected chi connectivity index (χ3v) is 2.91. The number of aryl methyl sites for hydroxylation is 1. The van der Waals surface area contributed by atoms with E-state index >= 15 is 0 Å². The Labute approximate surface area is 112 Å². The molecular weight excluding hydrogens is 238 g/mol. The lowest BCUT2D eigenvalue weighted by atomic mass is 10.1. The fourth-order valence-electron chi connectivity index (χ4n) is 1.77. The zero-order valence-corrected chi connectivity index (χ0v) is 10.8. The molecule has 19 heavy (non-hydrogen) atoms. The SMILES string of the molecule is CCc1ccc(Oc2ccc(CO)cc2C#N)cc1. The molecule has 0 fully saturated rings. The van der Waals surface area contributed by atoms with Crippen LogP contribution in [0.25, 0.3) is 0 Å². The van der Waals surface area contributed by atoms with Gasteiger partial charge in [-0.05, 0) is 41.8 Å². The molecule has 3 heteroatoms. The van der Waals surface area contributed by atoms with Gasteiger partial charge < -0.3 is 9.84 Å². The van der Waals surface area contributed by atoms with Gasteiger partial charge >= 0.3 is 0 Å².